The van der Waals surface area contributed by atoms with Crippen molar-refractivity contribution in [1.29, 1.82) is 0 Å². The average molecular weight is 442 g/mol. The summed E-state index contributed by atoms with van der Waals surface area (Å²) in [5.74, 6) is -1.13. The molecule has 0 bridgehead atoms. The minimum atomic E-state index is -0.328. The third-order valence-corrected chi connectivity index (χ3v) is 6.48. The number of thiazole rings is 1. The molecule has 1 saturated heterocycles. The fraction of sp³-hybridized carbons (Fsp3) is 0.261. The van der Waals surface area contributed by atoms with Gasteiger partial charge in [0.05, 0.1) is 5.69 Å². The van der Waals surface area contributed by atoms with Crippen LogP contribution in [0.2, 0.25) is 0 Å². The van der Waals surface area contributed by atoms with Crippen molar-refractivity contribution < 1.29 is 18.4 Å². The Morgan fingerprint density at radius 2 is 1.71 bits per heavy atom. The van der Waals surface area contributed by atoms with Crippen LogP contribution < -0.4 is 10.2 Å². The van der Waals surface area contributed by atoms with Crippen LogP contribution in [0, 0.1) is 24.5 Å². The number of hydrogen-bond acceptors (Lipinski definition) is 4. The summed E-state index contributed by atoms with van der Waals surface area (Å²) >= 11 is 1.19. The Balaban J connectivity index is 1.40. The van der Waals surface area contributed by atoms with Crippen molar-refractivity contribution >= 4 is 28.3 Å². The van der Waals surface area contributed by atoms with Crippen molar-refractivity contribution in [1.82, 2.24) is 10.3 Å². The molecule has 1 N–H and O–H groups in total. The van der Waals surface area contributed by atoms with Crippen LogP contribution in [0.25, 0.3) is 0 Å². The van der Waals surface area contributed by atoms with E-state index in [2.05, 4.69) is 10.3 Å². The van der Waals surface area contributed by atoms with Gasteiger partial charge in [-0.05, 0) is 55.2 Å². The fourth-order valence-electron chi connectivity index (χ4n) is 3.60. The molecule has 2 heterocycles. The van der Waals surface area contributed by atoms with Crippen molar-refractivity contribution in [3.05, 3.63) is 81.9 Å². The van der Waals surface area contributed by atoms with Crippen molar-refractivity contribution in [2.24, 2.45) is 5.92 Å². The van der Waals surface area contributed by atoms with Crippen LogP contribution in [0.1, 0.15) is 32.9 Å². The van der Waals surface area contributed by atoms with Gasteiger partial charge in [-0.15, -0.1) is 0 Å². The first-order chi connectivity index (χ1) is 14.9. The summed E-state index contributed by atoms with van der Waals surface area (Å²) in [7, 11) is 0. The number of amides is 2. The standard InChI is InChI=1S/C23H21F2N3O2S/c1-14-20(21(29)26-13-16-4-8-19(25)9-5-16)31-23(27-14)28-11-10-17(22(28)30)12-15-2-6-18(24)7-3-15/h2-9,17H,10-13H2,1H3,(H,26,29). The van der Waals surface area contributed by atoms with Gasteiger partial charge in [0.25, 0.3) is 5.91 Å². The Morgan fingerprint density at radius 3 is 2.35 bits per heavy atom. The lowest BCUT2D eigenvalue weighted by atomic mass is 9.98. The third kappa shape index (κ3) is 4.80. The highest BCUT2D eigenvalue weighted by Crippen LogP contribution is 2.32. The summed E-state index contributed by atoms with van der Waals surface area (Å²) < 4.78 is 26.1. The first-order valence-electron chi connectivity index (χ1n) is 9.96. The Kier molecular flexibility index (Phi) is 6.08. The predicted molar refractivity (Wildman–Crippen MR) is 115 cm³/mol. The number of nitrogens with one attached hydrogen (secondary N) is 1. The van der Waals surface area contributed by atoms with Crippen LogP contribution in [0.3, 0.4) is 0 Å². The number of nitrogens with zero attached hydrogens (tertiary/aromatic N) is 2. The molecule has 0 aliphatic carbocycles. The Hall–Kier alpha value is -3.13. The van der Waals surface area contributed by atoms with Gasteiger partial charge in [-0.25, -0.2) is 13.8 Å². The van der Waals surface area contributed by atoms with Crippen LogP contribution in [0.5, 0.6) is 0 Å². The van der Waals surface area contributed by atoms with Gasteiger partial charge in [-0.2, -0.15) is 0 Å². The van der Waals surface area contributed by atoms with Crippen molar-refractivity contribution in [2.45, 2.75) is 26.3 Å². The molecule has 4 rings (SSSR count). The monoisotopic (exact) mass is 441 g/mol. The van der Waals surface area contributed by atoms with E-state index >= 15 is 0 Å². The van der Waals surface area contributed by atoms with E-state index in [1.807, 2.05) is 0 Å². The zero-order valence-corrected chi connectivity index (χ0v) is 17.7. The summed E-state index contributed by atoms with van der Waals surface area (Å²) in [5, 5.41) is 3.32. The maximum atomic E-state index is 13.1. The number of carbonyl (C=O) groups excluding carboxylic acids is 2. The molecule has 0 radical (unpaired) electrons. The van der Waals surface area contributed by atoms with Gasteiger partial charge in [0, 0.05) is 19.0 Å². The van der Waals surface area contributed by atoms with E-state index in [1.165, 1.54) is 35.6 Å². The first kappa shape index (κ1) is 21.1. The molecule has 31 heavy (non-hydrogen) atoms. The quantitative estimate of drug-likeness (QED) is 0.622. The van der Waals surface area contributed by atoms with Crippen molar-refractivity contribution in [2.75, 3.05) is 11.4 Å². The number of aryl methyl sites for hydroxylation is 1. The number of anilines is 1. The van der Waals surface area contributed by atoms with Crippen LogP contribution in [-0.4, -0.2) is 23.3 Å². The van der Waals surface area contributed by atoms with E-state index in [0.29, 0.717) is 35.1 Å². The molecule has 0 spiro atoms. The molecule has 1 aliphatic heterocycles. The zero-order valence-electron chi connectivity index (χ0n) is 16.9. The second-order valence-electron chi connectivity index (χ2n) is 7.53. The average Bonchev–Trinajstić information content (AvgIpc) is 3.31. The van der Waals surface area contributed by atoms with E-state index in [-0.39, 0.29) is 35.9 Å². The van der Waals surface area contributed by atoms with Gasteiger partial charge in [-0.1, -0.05) is 35.6 Å². The Labute approximate surface area is 182 Å². The molecular weight excluding hydrogens is 420 g/mol. The van der Waals surface area contributed by atoms with Crippen LogP contribution in [0.4, 0.5) is 13.9 Å². The number of benzene rings is 2. The highest BCUT2D eigenvalue weighted by molar-refractivity contribution is 7.17. The Morgan fingerprint density at radius 1 is 1.10 bits per heavy atom. The summed E-state index contributed by atoms with van der Waals surface area (Å²) in [6.45, 7) is 2.55. The summed E-state index contributed by atoms with van der Waals surface area (Å²) in [4.78, 5) is 32.0. The lowest BCUT2D eigenvalue weighted by molar-refractivity contribution is -0.120. The maximum absolute atomic E-state index is 13.1. The SMILES string of the molecule is Cc1nc(N2CCC(Cc3ccc(F)cc3)C2=O)sc1C(=O)NCc1ccc(F)cc1. The number of hydrogen-bond donors (Lipinski definition) is 1. The molecule has 2 amide bonds. The predicted octanol–water partition coefficient (Wildman–Crippen LogP) is 4.26. The maximum Gasteiger partial charge on any atom is 0.263 e. The van der Waals surface area contributed by atoms with Crippen molar-refractivity contribution in [3.63, 3.8) is 0 Å². The lowest BCUT2D eigenvalue weighted by Gasteiger charge is -2.13. The fourth-order valence-corrected chi connectivity index (χ4v) is 4.61. The highest BCUT2D eigenvalue weighted by Gasteiger charge is 2.34. The first-order valence-corrected chi connectivity index (χ1v) is 10.8. The lowest BCUT2D eigenvalue weighted by Crippen LogP contribution is -2.27. The van der Waals surface area contributed by atoms with E-state index in [0.717, 1.165) is 11.1 Å². The number of halogens is 2. The molecule has 1 atom stereocenters. The minimum Gasteiger partial charge on any atom is -0.347 e. The summed E-state index contributed by atoms with van der Waals surface area (Å²) in [5.41, 5.74) is 2.26. The van der Waals surface area contributed by atoms with Gasteiger partial charge in [0.2, 0.25) is 5.91 Å². The molecule has 1 aromatic heterocycles. The number of aromatic nitrogens is 1. The molecule has 160 valence electrons. The van der Waals surface area contributed by atoms with Gasteiger partial charge in [-0.3, -0.25) is 14.5 Å². The highest BCUT2D eigenvalue weighted by atomic mass is 32.1. The molecule has 8 heteroatoms. The molecule has 5 nitrogen and oxygen atoms in total. The van der Waals surface area contributed by atoms with Crippen molar-refractivity contribution in [3.8, 4) is 0 Å². The molecular formula is C23H21F2N3O2S. The van der Waals surface area contributed by atoms with Crippen LogP contribution >= 0.6 is 11.3 Å². The molecule has 1 fully saturated rings. The molecule has 2 aromatic carbocycles. The normalized spacial score (nSPS) is 16.0. The second-order valence-corrected chi connectivity index (χ2v) is 8.50. The van der Waals surface area contributed by atoms with Gasteiger partial charge in [0.1, 0.15) is 16.5 Å². The molecule has 3 aromatic rings. The minimum absolute atomic E-state index is 0.0312. The largest absolute Gasteiger partial charge is 0.347 e. The number of rotatable bonds is 6. The van der Waals surface area contributed by atoms with Crippen LogP contribution in [-0.2, 0) is 17.8 Å². The van der Waals surface area contributed by atoms with E-state index < -0.39 is 0 Å². The zero-order chi connectivity index (χ0) is 22.0. The smallest absolute Gasteiger partial charge is 0.263 e. The van der Waals surface area contributed by atoms with E-state index in [9.17, 15) is 18.4 Å². The number of carbonyl (C=O) groups is 2. The topological polar surface area (TPSA) is 62.3 Å². The Bertz CT molecular complexity index is 1100. The summed E-state index contributed by atoms with van der Waals surface area (Å²) in [6, 6.07) is 12.1. The summed E-state index contributed by atoms with van der Waals surface area (Å²) in [6.07, 6.45) is 1.23. The van der Waals surface area contributed by atoms with E-state index in [1.54, 1.807) is 36.1 Å². The van der Waals surface area contributed by atoms with E-state index in [4.69, 9.17) is 0 Å². The van der Waals surface area contributed by atoms with Gasteiger partial charge in [0.15, 0.2) is 5.13 Å². The van der Waals surface area contributed by atoms with Crippen LogP contribution in [0.15, 0.2) is 48.5 Å². The third-order valence-electron chi connectivity index (χ3n) is 5.30. The molecule has 1 aliphatic rings. The van der Waals surface area contributed by atoms with Gasteiger partial charge < -0.3 is 5.32 Å². The van der Waals surface area contributed by atoms with Gasteiger partial charge >= 0.3 is 0 Å². The second kappa shape index (κ2) is 8.93. The molecule has 0 saturated carbocycles. The molecule has 1 unspecified atom stereocenters.